The molecule has 0 aromatic rings. The van der Waals surface area contributed by atoms with Gasteiger partial charge in [-0.1, -0.05) is 0 Å². The third-order valence-corrected chi connectivity index (χ3v) is 0. The molecule has 0 unspecified atom stereocenters. The van der Waals surface area contributed by atoms with E-state index in [9.17, 15) is 4.79 Å². The topological polar surface area (TPSA) is 17.1 Å². The summed E-state index contributed by atoms with van der Waals surface area (Å²) in [5.41, 5.74) is 0. The van der Waals surface area contributed by atoms with E-state index in [0.717, 1.165) is 0 Å². The smallest absolute Gasteiger partial charge is 1.00 e. The van der Waals surface area contributed by atoms with Gasteiger partial charge in [0, 0.05) is 0 Å². The van der Waals surface area contributed by atoms with Crippen LogP contribution in [-0.2, 0) is 4.79 Å². The van der Waals surface area contributed by atoms with Crippen molar-refractivity contribution >= 4 is 5.78 Å². The molecule has 0 rings (SSSR count). The number of rotatable bonds is 0. The maximum Gasteiger partial charge on any atom is 1.00 e. The van der Waals surface area contributed by atoms with Crippen LogP contribution in [-0.4, -0.2) is 5.78 Å². The molecule has 5 heavy (non-hydrogen) atoms. The largest absolute Gasteiger partial charge is 1.00 e. The molecule has 1 nitrogen and oxygen atoms in total. The van der Waals surface area contributed by atoms with Gasteiger partial charge in [-0.15, -0.1) is 0 Å². The minimum absolute atomic E-state index is 0. The van der Waals surface area contributed by atoms with Crippen LogP contribution in [0.15, 0.2) is 0 Å². The molecule has 0 bridgehead atoms. The maximum absolute atomic E-state index is 9.44. The number of hydrogen-bond donors (Lipinski definition) is 0. The number of carbonyl (C=O) groups excluding carboxylic acids is 1. The van der Waals surface area contributed by atoms with E-state index in [1.165, 1.54) is 13.8 Å². The molecular weight excluding hydrogens is 75.0 g/mol. The zero-order chi connectivity index (χ0) is 3.58. The normalized spacial score (nSPS) is 5.20. The average molecular weight is 82.1 g/mol. The molecule has 0 aromatic heterocycles. The predicted octanol–water partition coefficient (Wildman–Crippen LogP) is -2.29. The molecule has 0 N–H and O–H groups in total. The minimum Gasteiger partial charge on any atom is -1.00 e. The average Bonchev–Trinajstić information content (AvgIpc) is 0.811. The second-order valence-electron chi connectivity index (χ2n) is 0.908. The summed E-state index contributed by atoms with van der Waals surface area (Å²) >= 11 is 0. The van der Waals surface area contributed by atoms with Gasteiger partial charge in [-0.3, -0.25) is 0 Å². The summed E-state index contributed by atoms with van der Waals surface area (Å²) in [6.45, 7) is 3.06. The van der Waals surface area contributed by atoms with Crippen molar-refractivity contribution in [3.05, 3.63) is 0 Å². The fourth-order valence-electron chi connectivity index (χ4n) is 0. The molecule has 0 atom stereocenters. The fourth-order valence-corrected chi connectivity index (χ4v) is 0. The zero-order valence-electron chi connectivity index (χ0n) is 4.91. The Hall–Kier alpha value is 0.670. The molecule has 0 fully saturated rings. The molecule has 0 aliphatic rings. The fraction of sp³-hybridized carbons (Fsp3) is 0.667. The van der Waals surface area contributed by atoms with Gasteiger partial charge in [0.1, 0.15) is 5.78 Å². The molecule has 0 aliphatic carbocycles. The van der Waals surface area contributed by atoms with Crippen molar-refractivity contribution in [1.29, 1.82) is 0 Å². The number of carbonyl (C=O) groups is 1. The summed E-state index contributed by atoms with van der Waals surface area (Å²) in [6.07, 6.45) is 0. The van der Waals surface area contributed by atoms with Gasteiger partial charge < -0.3 is 6.22 Å². The van der Waals surface area contributed by atoms with Gasteiger partial charge >= 0.3 is 29.6 Å². The monoisotopic (exact) mass is 82.0 g/mol. The van der Waals surface area contributed by atoms with Gasteiger partial charge in [0.05, 0.1) is 0 Å². The summed E-state index contributed by atoms with van der Waals surface area (Å²) in [4.78, 5) is 9.44. The SMILES string of the molecule is CC(C)=O.[H-].[Na+]. The molecule has 0 saturated carbocycles. The van der Waals surface area contributed by atoms with E-state index < -0.39 is 0 Å². The summed E-state index contributed by atoms with van der Waals surface area (Å²) < 4.78 is 0. The standard InChI is InChI=1S/C3H6O.Na.H/c1-3(2)4;;/h1-2H3;;/q;+1;-1. The first-order valence-corrected chi connectivity index (χ1v) is 1.20. The van der Waals surface area contributed by atoms with Gasteiger partial charge in [-0.2, -0.15) is 0 Å². The molecule has 0 aliphatic heterocycles. The Kier molecular flexibility index (Phi) is 8.57. The Morgan fingerprint density at radius 1 is 1.60 bits per heavy atom. The van der Waals surface area contributed by atoms with Crippen LogP contribution >= 0.6 is 0 Å². The van der Waals surface area contributed by atoms with Gasteiger partial charge in [0.2, 0.25) is 0 Å². The number of ketones is 1. The quantitative estimate of drug-likeness (QED) is 0.301. The molecule has 26 valence electrons. The van der Waals surface area contributed by atoms with E-state index in [4.69, 9.17) is 0 Å². The second kappa shape index (κ2) is 4.67. The first-order chi connectivity index (χ1) is 1.73. The van der Waals surface area contributed by atoms with Crippen LogP contribution in [0.1, 0.15) is 15.3 Å². The van der Waals surface area contributed by atoms with Crippen molar-refractivity contribution < 1.29 is 35.8 Å². The van der Waals surface area contributed by atoms with Crippen molar-refractivity contribution in [2.45, 2.75) is 13.8 Å². The van der Waals surface area contributed by atoms with Crippen LogP contribution in [0.4, 0.5) is 0 Å². The Morgan fingerprint density at radius 3 is 1.60 bits per heavy atom. The first kappa shape index (κ1) is 9.18. The molecule has 0 radical (unpaired) electrons. The molecule has 0 spiro atoms. The van der Waals surface area contributed by atoms with Crippen molar-refractivity contribution in [2.75, 3.05) is 0 Å². The van der Waals surface area contributed by atoms with Crippen LogP contribution in [0.2, 0.25) is 0 Å². The number of hydrogen-bond acceptors (Lipinski definition) is 1. The Bertz CT molecular complexity index is 33.8. The molecule has 0 aromatic carbocycles. The summed E-state index contributed by atoms with van der Waals surface area (Å²) in [7, 11) is 0. The van der Waals surface area contributed by atoms with E-state index >= 15 is 0 Å². The maximum atomic E-state index is 9.44. The predicted molar refractivity (Wildman–Crippen MR) is 17.5 cm³/mol. The molecule has 2 heteroatoms. The van der Waals surface area contributed by atoms with E-state index in [-0.39, 0.29) is 36.8 Å². The van der Waals surface area contributed by atoms with E-state index in [0.29, 0.717) is 0 Å². The van der Waals surface area contributed by atoms with Crippen LogP contribution in [0, 0.1) is 0 Å². The summed E-state index contributed by atoms with van der Waals surface area (Å²) in [5, 5.41) is 0. The van der Waals surface area contributed by atoms with Crippen LogP contribution in [0.25, 0.3) is 0 Å². The van der Waals surface area contributed by atoms with E-state index in [1.54, 1.807) is 0 Å². The Balaban J connectivity index is -0.0000000450. The Morgan fingerprint density at radius 2 is 1.60 bits per heavy atom. The van der Waals surface area contributed by atoms with Crippen molar-refractivity contribution in [3.8, 4) is 0 Å². The van der Waals surface area contributed by atoms with Gasteiger partial charge in [0.15, 0.2) is 0 Å². The molecule has 0 heterocycles. The van der Waals surface area contributed by atoms with Gasteiger partial charge in [-0.05, 0) is 13.8 Å². The number of Topliss-reactive ketones (excluding diaryl/α,β-unsaturated/α-hetero) is 1. The van der Waals surface area contributed by atoms with Gasteiger partial charge in [0.25, 0.3) is 0 Å². The van der Waals surface area contributed by atoms with E-state index in [2.05, 4.69) is 0 Å². The summed E-state index contributed by atoms with van der Waals surface area (Å²) in [6, 6.07) is 0. The third-order valence-electron chi connectivity index (χ3n) is 0. The molecule has 0 saturated heterocycles. The van der Waals surface area contributed by atoms with E-state index in [1.807, 2.05) is 0 Å². The van der Waals surface area contributed by atoms with Crippen molar-refractivity contribution in [2.24, 2.45) is 0 Å². The first-order valence-electron chi connectivity index (χ1n) is 1.20. The zero-order valence-corrected chi connectivity index (χ0v) is 5.91. The van der Waals surface area contributed by atoms with Crippen LogP contribution in [0.3, 0.4) is 0 Å². The molecule has 0 amide bonds. The third kappa shape index (κ3) is 74.2. The van der Waals surface area contributed by atoms with Gasteiger partial charge in [-0.25, -0.2) is 0 Å². The van der Waals surface area contributed by atoms with Crippen molar-refractivity contribution in [1.82, 2.24) is 0 Å². The second-order valence-corrected chi connectivity index (χ2v) is 0.908. The van der Waals surface area contributed by atoms with Crippen molar-refractivity contribution in [3.63, 3.8) is 0 Å². The van der Waals surface area contributed by atoms with Crippen LogP contribution < -0.4 is 29.6 Å². The summed E-state index contributed by atoms with van der Waals surface area (Å²) in [5.74, 6) is 0.167. The minimum atomic E-state index is 0. The van der Waals surface area contributed by atoms with Crippen LogP contribution in [0.5, 0.6) is 0 Å². The Labute approximate surface area is 55.5 Å². The molecular formula is C3H7NaO.